The van der Waals surface area contributed by atoms with E-state index < -0.39 is 11.8 Å². The van der Waals surface area contributed by atoms with E-state index in [9.17, 15) is 9.18 Å². The number of carboxylic acids is 1. The standard InChI is InChI=1S/C16H17ClFNO3/c1-4-12(17)6-5-11(2)22-15-8-7-13(18)9-14(15)19(3)10-16(20)21/h4-9H,1,10H2,2-3H3,(H,20,21)/b11-5+,12-6+. The summed E-state index contributed by atoms with van der Waals surface area (Å²) in [7, 11) is 1.54. The molecule has 118 valence electrons. The van der Waals surface area contributed by atoms with Crippen LogP contribution in [0.15, 0.2) is 53.8 Å². The van der Waals surface area contributed by atoms with Crippen molar-refractivity contribution in [1.82, 2.24) is 0 Å². The number of hydrogen-bond donors (Lipinski definition) is 1. The predicted octanol–water partition coefficient (Wildman–Crippen LogP) is 3.94. The van der Waals surface area contributed by atoms with Crippen molar-refractivity contribution in [1.29, 1.82) is 0 Å². The lowest BCUT2D eigenvalue weighted by atomic mass is 10.2. The largest absolute Gasteiger partial charge is 0.480 e. The van der Waals surface area contributed by atoms with Gasteiger partial charge in [0.2, 0.25) is 0 Å². The van der Waals surface area contributed by atoms with E-state index in [0.29, 0.717) is 22.2 Å². The Morgan fingerprint density at radius 2 is 2.18 bits per heavy atom. The molecule has 0 radical (unpaired) electrons. The molecule has 4 nitrogen and oxygen atoms in total. The van der Waals surface area contributed by atoms with E-state index in [2.05, 4.69) is 6.58 Å². The molecule has 0 saturated carbocycles. The second-order valence-electron chi connectivity index (χ2n) is 4.50. The Hall–Kier alpha value is -2.27. The zero-order chi connectivity index (χ0) is 16.7. The maximum absolute atomic E-state index is 13.4. The van der Waals surface area contributed by atoms with Crippen LogP contribution in [0.25, 0.3) is 0 Å². The van der Waals surface area contributed by atoms with Crippen LogP contribution in [-0.4, -0.2) is 24.7 Å². The molecular weight excluding hydrogens is 309 g/mol. The maximum Gasteiger partial charge on any atom is 0.323 e. The SMILES string of the molecule is C=C/C(Cl)=C\C=C(/C)Oc1ccc(F)cc1N(C)CC(=O)O. The van der Waals surface area contributed by atoms with Crippen LogP contribution in [0.1, 0.15) is 6.92 Å². The normalized spacial score (nSPS) is 12.0. The van der Waals surface area contributed by atoms with E-state index in [1.54, 1.807) is 26.1 Å². The van der Waals surface area contributed by atoms with Crippen LogP contribution in [0.5, 0.6) is 5.75 Å². The third-order valence-corrected chi connectivity index (χ3v) is 2.93. The van der Waals surface area contributed by atoms with Crippen molar-refractivity contribution in [2.45, 2.75) is 6.92 Å². The van der Waals surface area contributed by atoms with E-state index in [0.717, 1.165) is 0 Å². The van der Waals surface area contributed by atoms with Gasteiger partial charge in [0.15, 0.2) is 0 Å². The van der Waals surface area contributed by atoms with Gasteiger partial charge in [0.1, 0.15) is 23.9 Å². The van der Waals surface area contributed by atoms with Crippen LogP contribution >= 0.6 is 11.6 Å². The Morgan fingerprint density at radius 3 is 2.77 bits per heavy atom. The number of carboxylic acid groups (broad SMARTS) is 1. The Morgan fingerprint density at radius 1 is 1.50 bits per heavy atom. The summed E-state index contributed by atoms with van der Waals surface area (Å²) in [5, 5.41) is 9.29. The molecule has 0 aromatic heterocycles. The van der Waals surface area contributed by atoms with Crippen molar-refractivity contribution in [2.75, 3.05) is 18.5 Å². The number of rotatable bonds is 7. The minimum absolute atomic E-state index is 0.273. The van der Waals surface area contributed by atoms with Crippen molar-refractivity contribution >= 4 is 23.3 Å². The molecule has 0 saturated heterocycles. The summed E-state index contributed by atoms with van der Waals surface area (Å²) in [4.78, 5) is 12.2. The predicted molar refractivity (Wildman–Crippen MR) is 85.8 cm³/mol. The van der Waals surface area contributed by atoms with Crippen molar-refractivity contribution in [2.24, 2.45) is 0 Å². The number of hydrogen-bond acceptors (Lipinski definition) is 3. The second kappa shape index (κ2) is 8.24. The van der Waals surface area contributed by atoms with E-state index in [1.165, 1.54) is 29.2 Å². The first-order valence-electron chi connectivity index (χ1n) is 6.40. The summed E-state index contributed by atoms with van der Waals surface area (Å²) in [5.74, 6) is -0.639. The molecule has 0 aliphatic rings. The second-order valence-corrected chi connectivity index (χ2v) is 4.93. The van der Waals surface area contributed by atoms with E-state index in [1.807, 2.05) is 0 Å². The number of benzene rings is 1. The number of ether oxygens (including phenoxy) is 1. The van der Waals surface area contributed by atoms with Crippen LogP contribution in [0.2, 0.25) is 0 Å². The van der Waals surface area contributed by atoms with Crippen LogP contribution < -0.4 is 9.64 Å². The molecule has 0 heterocycles. The Kier molecular flexibility index (Phi) is 6.66. The molecule has 0 spiro atoms. The molecule has 0 aliphatic heterocycles. The minimum atomic E-state index is -1.02. The van der Waals surface area contributed by atoms with Gasteiger partial charge in [-0.05, 0) is 31.2 Å². The van der Waals surface area contributed by atoms with Crippen LogP contribution in [0.3, 0.4) is 0 Å². The number of carbonyl (C=O) groups is 1. The lowest BCUT2D eigenvalue weighted by molar-refractivity contribution is -0.135. The molecule has 1 aromatic carbocycles. The van der Waals surface area contributed by atoms with Crippen LogP contribution in [0.4, 0.5) is 10.1 Å². The number of aliphatic carboxylic acids is 1. The highest BCUT2D eigenvalue weighted by Gasteiger charge is 2.13. The lowest BCUT2D eigenvalue weighted by Gasteiger charge is -2.20. The third kappa shape index (κ3) is 5.61. The zero-order valence-corrected chi connectivity index (χ0v) is 13.1. The topological polar surface area (TPSA) is 49.8 Å². The summed E-state index contributed by atoms with van der Waals surface area (Å²) in [6.07, 6.45) is 4.72. The molecule has 0 aliphatic carbocycles. The fourth-order valence-corrected chi connectivity index (χ4v) is 1.70. The Balaban J connectivity index is 3.04. The van der Waals surface area contributed by atoms with Gasteiger partial charge in [-0.3, -0.25) is 4.79 Å². The molecule has 1 N–H and O–H groups in total. The molecule has 0 atom stereocenters. The lowest BCUT2D eigenvalue weighted by Crippen LogP contribution is -2.25. The molecule has 0 unspecified atom stereocenters. The van der Waals surface area contributed by atoms with Crippen LogP contribution in [0, 0.1) is 5.82 Å². The highest BCUT2D eigenvalue weighted by atomic mass is 35.5. The summed E-state index contributed by atoms with van der Waals surface area (Å²) >= 11 is 5.79. The first-order chi connectivity index (χ1) is 10.3. The van der Waals surface area contributed by atoms with Gasteiger partial charge in [-0.2, -0.15) is 0 Å². The van der Waals surface area contributed by atoms with Gasteiger partial charge in [-0.25, -0.2) is 4.39 Å². The van der Waals surface area contributed by atoms with Gasteiger partial charge >= 0.3 is 5.97 Å². The summed E-state index contributed by atoms with van der Waals surface area (Å²) < 4.78 is 19.0. The Labute approximate surface area is 133 Å². The number of halogens is 2. The highest BCUT2D eigenvalue weighted by Crippen LogP contribution is 2.30. The fourth-order valence-electron chi connectivity index (χ4n) is 1.64. The summed E-state index contributed by atoms with van der Waals surface area (Å²) in [5.41, 5.74) is 0.342. The van der Waals surface area contributed by atoms with Gasteiger partial charge in [-0.15, -0.1) is 0 Å². The molecule has 22 heavy (non-hydrogen) atoms. The van der Waals surface area contributed by atoms with Gasteiger partial charge in [0, 0.05) is 18.1 Å². The first kappa shape index (κ1) is 17.8. The molecule has 0 fully saturated rings. The molecule has 1 aromatic rings. The molecular formula is C16H17ClFNO3. The van der Waals surface area contributed by atoms with Gasteiger partial charge in [0.05, 0.1) is 5.69 Å². The highest BCUT2D eigenvalue weighted by molar-refractivity contribution is 6.31. The minimum Gasteiger partial charge on any atom is -0.480 e. The molecule has 0 bridgehead atoms. The van der Waals surface area contributed by atoms with Crippen molar-refractivity contribution in [3.63, 3.8) is 0 Å². The van der Waals surface area contributed by atoms with Gasteiger partial charge < -0.3 is 14.7 Å². The monoisotopic (exact) mass is 325 g/mol. The van der Waals surface area contributed by atoms with Crippen molar-refractivity contribution < 1.29 is 19.0 Å². The molecule has 6 heteroatoms. The number of likely N-dealkylation sites (N-methyl/N-ethyl adjacent to an activating group) is 1. The van der Waals surface area contributed by atoms with E-state index in [4.69, 9.17) is 21.4 Å². The van der Waals surface area contributed by atoms with Crippen molar-refractivity contribution in [3.8, 4) is 5.75 Å². The molecule has 0 amide bonds. The van der Waals surface area contributed by atoms with Gasteiger partial charge in [-0.1, -0.05) is 24.3 Å². The average Bonchev–Trinajstić information content (AvgIpc) is 2.45. The quantitative estimate of drug-likeness (QED) is 0.609. The number of anilines is 1. The van der Waals surface area contributed by atoms with E-state index >= 15 is 0 Å². The summed E-state index contributed by atoms with van der Waals surface area (Å²) in [6.45, 7) is 4.95. The zero-order valence-electron chi connectivity index (χ0n) is 12.3. The molecule has 1 rings (SSSR count). The average molecular weight is 326 g/mol. The Bertz CT molecular complexity index is 626. The number of allylic oxidation sites excluding steroid dienone is 5. The van der Waals surface area contributed by atoms with E-state index in [-0.39, 0.29) is 6.54 Å². The number of nitrogens with zero attached hydrogens (tertiary/aromatic N) is 1. The summed E-state index contributed by atoms with van der Waals surface area (Å²) in [6, 6.07) is 3.91. The maximum atomic E-state index is 13.4. The first-order valence-corrected chi connectivity index (χ1v) is 6.78. The fraction of sp³-hybridized carbons (Fsp3) is 0.188. The van der Waals surface area contributed by atoms with Crippen LogP contribution in [-0.2, 0) is 4.79 Å². The third-order valence-electron chi connectivity index (χ3n) is 2.65. The smallest absolute Gasteiger partial charge is 0.323 e. The van der Waals surface area contributed by atoms with Crippen molar-refractivity contribution in [3.05, 3.63) is 59.6 Å². The van der Waals surface area contributed by atoms with Gasteiger partial charge in [0.25, 0.3) is 0 Å².